The molecule has 0 saturated heterocycles. The fourth-order valence-electron chi connectivity index (χ4n) is 0.920. The van der Waals surface area contributed by atoms with Crippen molar-refractivity contribution in [1.82, 2.24) is 4.98 Å². The van der Waals surface area contributed by atoms with Gasteiger partial charge in [0.2, 0.25) is 0 Å². The molecule has 0 fully saturated rings. The Morgan fingerprint density at radius 1 is 1.77 bits per heavy atom. The minimum absolute atomic E-state index is 0.0506. The molecular formula is C8H8IN3O. The van der Waals surface area contributed by atoms with E-state index >= 15 is 0 Å². The fourth-order valence-corrected chi connectivity index (χ4v) is 1.35. The average molecular weight is 289 g/mol. The van der Waals surface area contributed by atoms with Gasteiger partial charge in [-0.05, 0) is 28.7 Å². The number of pyridine rings is 1. The lowest BCUT2D eigenvalue weighted by Crippen LogP contribution is -2.11. The van der Waals surface area contributed by atoms with Crippen molar-refractivity contribution in [1.29, 1.82) is 5.26 Å². The van der Waals surface area contributed by atoms with E-state index in [1.165, 1.54) is 0 Å². The zero-order valence-corrected chi connectivity index (χ0v) is 8.89. The summed E-state index contributed by atoms with van der Waals surface area (Å²) in [5.74, 6) is 0.0506. The van der Waals surface area contributed by atoms with Crippen LogP contribution in [0.5, 0.6) is 5.75 Å². The Hall–Kier alpha value is -0.870. The van der Waals surface area contributed by atoms with Gasteiger partial charge in [0.25, 0.3) is 0 Å². The minimum atomic E-state index is -0.512. The van der Waals surface area contributed by atoms with Crippen LogP contribution in [0.4, 0.5) is 0 Å². The topological polar surface area (TPSA) is 82.9 Å². The van der Waals surface area contributed by atoms with Crippen LogP contribution in [0.3, 0.4) is 0 Å². The Morgan fingerprint density at radius 3 is 3.00 bits per heavy atom. The monoisotopic (exact) mass is 289 g/mol. The SMILES string of the molecule is N#CC[C@H](N)c1ncc(I)cc1O. The van der Waals surface area contributed by atoms with Crippen molar-refractivity contribution < 1.29 is 5.11 Å². The Morgan fingerprint density at radius 2 is 2.46 bits per heavy atom. The maximum Gasteiger partial charge on any atom is 0.139 e. The Balaban J connectivity index is 2.96. The molecule has 4 nitrogen and oxygen atoms in total. The van der Waals surface area contributed by atoms with E-state index in [2.05, 4.69) is 4.98 Å². The summed E-state index contributed by atoms with van der Waals surface area (Å²) in [5, 5.41) is 17.8. The first kappa shape index (κ1) is 10.2. The highest BCUT2D eigenvalue weighted by molar-refractivity contribution is 14.1. The molecule has 0 bridgehead atoms. The van der Waals surface area contributed by atoms with E-state index in [9.17, 15) is 5.11 Å². The predicted octanol–water partition coefficient (Wildman–Crippen LogP) is 1.31. The van der Waals surface area contributed by atoms with E-state index in [1.54, 1.807) is 12.3 Å². The number of nitriles is 1. The quantitative estimate of drug-likeness (QED) is 0.804. The van der Waals surface area contributed by atoms with Gasteiger partial charge >= 0.3 is 0 Å². The molecule has 1 atom stereocenters. The van der Waals surface area contributed by atoms with Gasteiger partial charge in [0.05, 0.1) is 24.2 Å². The van der Waals surface area contributed by atoms with Crippen LogP contribution in [0, 0.1) is 14.9 Å². The van der Waals surface area contributed by atoms with E-state index in [1.807, 2.05) is 28.7 Å². The van der Waals surface area contributed by atoms with Gasteiger partial charge in [0, 0.05) is 9.77 Å². The molecule has 1 rings (SSSR count). The smallest absolute Gasteiger partial charge is 0.139 e. The lowest BCUT2D eigenvalue weighted by molar-refractivity contribution is 0.456. The normalized spacial score (nSPS) is 12.1. The van der Waals surface area contributed by atoms with Crippen LogP contribution in [0.15, 0.2) is 12.3 Å². The summed E-state index contributed by atoms with van der Waals surface area (Å²) < 4.78 is 0.836. The number of nitrogens with zero attached hydrogens (tertiary/aromatic N) is 2. The van der Waals surface area contributed by atoms with Crippen LogP contribution in [0.1, 0.15) is 18.2 Å². The first-order valence-corrected chi connectivity index (χ1v) is 4.70. The second-order valence-corrected chi connectivity index (χ2v) is 3.77. The molecule has 1 aromatic heterocycles. The van der Waals surface area contributed by atoms with Gasteiger partial charge in [-0.15, -0.1) is 0 Å². The Bertz CT molecular complexity index is 348. The average Bonchev–Trinajstić information content (AvgIpc) is 2.04. The lowest BCUT2D eigenvalue weighted by atomic mass is 10.1. The molecule has 1 aromatic rings. The molecule has 3 N–H and O–H groups in total. The Labute approximate surface area is 89.5 Å². The molecular weight excluding hydrogens is 281 g/mol. The standard InChI is InChI=1S/C8H8IN3O/c9-5-3-7(13)8(12-4-5)6(11)1-2-10/h3-4,6,13H,1,11H2/t6-/m0/s1. The number of hydrogen-bond donors (Lipinski definition) is 2. The van der Waals surface area contributed by atoms with Crippen molar-refractivity contribution in [3.8, 4) is 11.8 Å². The minimum Gasteiger partial charge on any atom is -0.506 e. The van der Waals surface area contributed by atoms with Crippen LogP contribution in [0.2, 0.25) is 0 Å². The van der Waals surface area contributed by atoms with Crippen LogP contribution in [-0.2, 0) is 0 Å². The summed E-state index contributed by atoms with van der Waals surface area (Å²) in [6, 6.07) is 2.99. The molecule has 0 aromatic carbocycles. The van der Waals surface area contributed by atoms with Crippen LogP contribution in [0.25, 0.3) is 0 Å². The molecule has 1 heterocycles. The second kappa shape index (κ2) is 4.39. The zero-order chi connectivity index (χ0) is 9.84. The van der Waals surface area contributed by atoms with Crippen molar-refractivity contribution in [2.24, 2.45) is 5.73 Å². The molecule has 0 aliphatic rings. The number of aromatic hydroxyl groups is 1. The van der Waals surface area contributed by atoms with Gasteiger partial charge in [-0.25, -0.2) is 0 Å². The van der Waals surface area contributed by atoms with Gasteiger partial charge in [-0.1, -0.05) is 0 Å². The summed E-state index contributed by atoms with van der Waals surface area (Å²) in [4.78, 5) is 3.96. The third kappa shape index (κ3) is 2.54. The number of halogens is 1. The maximum absolute atomic E-state index is 9.43. The highest BCUT2D eigenvalue weighted by Gasteiger charge is 2.11. The van der Waals surface area contributed by atoms with E-state index in [4.69, 9.17) is 11.0 Å². The first-order valence-electron chi connectivity index (χ1n) is 3.62. The summed E-state index contributed by atoms with van der Waals surface area (Å²) in [7, 11) is 0. The predicted molar refractivity (Wildman–Crippen MR) is 55.8 cm³/mol. The number of rotatable bonds is 2. The second-order valence-electron chi connectivity index (χ2n) is 2.53. The molecule has 13 heavy (non-hydrogen) atoms. The fraction of sp³-hybridized carbons (Fsp3) is 0.250. The van der Waals surface area contributed by atoms with Gasteiger partial charge in [-0.2, -0.15) is 5.26 Å². The summed E-state index contributed by atoms with van der Waals surface area (Å²) in [6.07, 6.45) is 1.76. The first-order chi connectivity index (χ1) is 6.15. The van der Waals surface area contributed by atoms with E-state index < -0.39 is 6.04 Å². The van der Waals surface area contributed by atoms with E-state index in [-0.39, 0.29) is 12.2 Å². The highest BCUT2D eigenvalue weighted by atomic mass is 127. The number of aromatic nitrogens is 1. The van der Waals surface area contributed by atoms with Crippen molar-refractivity contribution in [3.63, 3.8) is 0 Å². The van der Waals surface area contributed by atoms with Gasteiger partial charge in [0.15, 0.2) is 0 Å². The molecule has 0 radical (unpaired) electrons. The van der Waals surface area contributed by atoms with Crippen molar-refractivity contribution in [2.75, 3.05) is 0 Å². The zero-order valence-electron chi connectivity index (χ0n) is 6.74. The summed E-state index contributed by atoms with van der Waals surface area (Å²) in [6.45, 7) is 0. The van der Waals surface area contributed by atoms with Gasteiger partial charge < -0.3 is 10.8 Å². The molecule has 68 valence electrons. The number of nitrogens with two attached hydrogens (primary N) is 1. The third-order valence-electron chi connectivity index (χ3n) is 1.53. The van der Waals surface area contributed by atoms with E-state index in [0.717, 1.165) is 3.57 Å². The van der Waals surface area contributed by atoms with Gasteiger partial charge in [0.1, 0.15) is 5.75 Å². The number of hydrogen-bond acceptors (Lipinski definition) is 4. The molecule has 5 heteroatoms. The van der Waals surface area contributed by atoms with E-state index in [0.29, 0.717) is 5.69 Å². The molecule has 0 aliphatic heterocycles. The highest BCUT2D eigenvalue weighted by Crippen LogP contribution is 2.23. The van der Waals surface area contributed by atoms with Crippen LogP contribution >= 0.6 is 22.6 Å². The third-order valence-corrected chi connectivity index (χ3v) is 2.12. The van der Waals surface area contributed by atoms with Crippen molar-refractivity contribution >= 4 is 22.6 Å². The van der Waals surface area contributed by atoms with Crippen molar-refractivity contribution in [2.45, 2.75) is 12.5 Å². The molecule has 0 saturated carbocycles. The lowest BCUT2D eigenvalue weighted by Gasteiger charge is -2.08. The largest absolute Gasteiger partial charge is 0.506 e. The molecule has 0 amide bonds. The van der Waals surface area contributed by atoms with Crippen LogP contribution in [-0.4, -0.2) is 10.1 Å². The molecule has 0 aliphatic carbocycles. The maximum atomic E-state index is 9.43. The van der Waals surface area contributed by atoms with Crippen LogP contribution < -0.4 is 5.73 Å². The Kier molecular flexibility index (Phi) is 3.45. The molecule has 0 unspecified atom stereocenters. The van der Waals surface area contributed by atoms with Crippen molar-refractivity contribution in [3.05, 3.63) is 21.5 Å². The summed E-state index contributed by atoms with van der Waals surface area (Å²) in [5.41, 5.74) is 5.99. The molecule has 0 spiro atoms. The summed E-state index contributed by atoms with van der Waals surface area (Å²) >= 11 is 2.04. The van der Waals surface area contributed by atoms with Gasteiger partial charge in [-0.3, -0.25) is 4.98 Å².